The van der Waals surface area contributed by atoms with Gasteiger partial charge in [-0.15, -0.1) is 0 Å². The molecule has 1 amide bonds. The highest BCUT2D eigenvalue weighted by Gasteiger charge is 2.44. The third-order valence-electron chi connectivity index (χ3n) is 8.82. The van der Waals surface area contributed by atoms with E-state index in [9.17, 15) is 40.5 Å². The first-order chi connectivity index (χ1) is 22.2. The van der Waals surface area contributed by atoms with E-state index in [0.29, 0.717) is 12.8 Å². The first kappa shape index (κ1) is 42.9. The molecule has 0 aliphatic carbocycles. The quantitative estimate of drug-likeness (QED) is 0.0456. The summed E-state index contributed by atoms with van der Waals surface area (Å²) in [4.78, 5) is 12.8. The molecular weight excluding hydrogens is 594 g/mol. The van der Waals surface area contributed by atoms with Crippen molar-refractivity contribution in [1.82, 2.24) is 5.32 Å². The Hall–Kier alpha value is -1.15. The van der Waals surface area contributed by atoms with Crippen LogP contribution < -0.4 is 5.32 Å². The molecule has 0 saturated carbocycles. The Morgan fingerprint density at radius 2 is 1.28 bits per heavy atom. The van der Waals surface area contributed by atoms with E-state index >= 15 is 0 Å². The van der Waals surface area contributed by atoms with Crippen molar-refractivity contribution in [3.8, 4) is 0 Å². The molecule has 0 bridgehead atoms. The van der Waals surface area contributed by atoms with E-state index in [1.54, 1.807) is 0 Å². The van der Waals surface area contributed by atoms with Gasteiger partial charge in [-0.25, -0.2) is 0 Å². The van der Waals surface area contributed by atoms with Crippen LogP contribution in [-0.4, -0.2) is 110 Å². The van der Waals surface area contributed by atoms with Gasteiger partial charge in [-0.1, -0.05) is 109 Å². The van der Waals surface area contributed by atoms with Gasteiger partial charge in [-0.3, -0.25) is 4.79 Å². The molecule has 1 aliphatic rings. The predicted molar refractivity (Wildman–Crippen MR) is 178 cm³/mol. The first-order valence-corrected chi connectivity index (χ1v) is 18.1. The van der Waals surface area contributed by atoms with Crippen LogP contribution in [0, 0.1) is 0 Å². The average Bonchev–Trinajstić information content (AvgIpc) is 3.05. The zero-order valence-electron chi connectivity index (χ0n) is 28.6. The van der Waals surface area contributed by atoms with Gasteiger partial charge < -0.3 is 50.5 Å². The summed E-state index contributed by atoms with van der Waals surface area (Å²) in [5.74, 6) is -0.719. The Morgan fingerprint density at radius 3 is 1.85 bits per heavy atom. The smallest absolute Gasteiger partial charge is 0.249 e. The number of rotatable bonds is 28. The maximum atomic E-state index is 12.8. The van der Waals surface area contributed by atoms with E-state index in [4.69, 9.17) is 9.47 Å². The number of hydrogen-bond donors (Lipinski definition) is 8. The van der Waals surface area contributed by atoms with Crippen molar-refractivity contribution < 1.29 is 50.0 Å². The number of aliphatic hydroxyl groups excluding tert-OH is 7. The zero-order valence-corrected chi connectivity index (χ0v) is 28.6. The molecule has 9 unspecified atom stereocenters. The number of carbonyl (C=O) groups is 1. The Kier molecular flexibility index (Phi) is 24.9. The predicted octanol–water partition coefficient (Wildman–Crippen LogP) is 3.38. The molecule has 0 aromatic heterocycles. The second-order valence-corrected chi connectivity index (χ2v) is 12.9. The summed E-state index contributed by atoms with van der Waals surface area (Å²) in [5, 5.41) is 74.0. The van der Waals surface area contributed by atoms with Gasteiger partial charge in [0.25, 0.3) is 0 Å². The van der Waals surface area contributed by atoms with Gasteiger partial charge in [0, 0.05) is 0 Å². The van der Waals surface area contributed by atoms with Crippen molar-refractivity contribution in [2.75, 3.05) is 13.2 Å². The fraction of sp³-hybridized carbons (Fsp3) is 0.914. The molecule has 11 heteroatoms. The van der Waals surface area contributed by atoms with Crippen molar-refractivity contribution in [3.63, 3.8) is 0 Å². The van der Waals surface area contributed by atoms with E-state index in [1.165, 1.54) is 57.8 Å². The number of carbonyl (C=O) groups excluding carboxylic acids is 1. The van der Waals surface area contributed by atoms with E-state index < -0.39 is 74.2 Å². The maximum Gasteiger partial charge on any atom is 0.249 e. The van der Waals surface area contributed by atoms with Gasteiger partial charge in [0.1, 0.15) is 36.6 Å². The van der Waals surface area contributed by atoms with Gasteiger partial charge in [0.2, 0.25) is 5.91 Å². The van der Waals surface area contributed by atoms with Crippen LogP contribution in [0.15, 0.2) is 12.2 Å². The molecule has 1 fully saturated rings. The summed E-state index contributed by atoms with van der Waals surface area (Å²) >= 11 is 0. The highest BCUT2D eigenvalue weighted by atomic mass is 16.7. The van der Waals surface area contributed by atoms with Gasteiger partial charge in [-0.2, -0.15) is 0 Å². The van der Waals surface area contributed by atoms with Crippen LogP contribution >= 0.6 is 0 Å². The lowest BCUT2D eigenvalue weighted by molar-refractivity contribution is -0.303. The summed E-state index contributed by atoms with van der Waals surface area (Å²) in [7, 11) is 0. The van der Waals surface area contributed by atoms with Crippen LogP contribution in [0.5, 0.6) is 0 Å². The largest absolute Gasteiger partial charge is 0.394 e. The van der Waals surface area contributed by atoms with E-state index in [-0.39, 0.29) is 12.8 Å². The molecule has 1 heterocycles. The van der Waals surface area contributed by atoms with E-state index in [1.807, 2.05) is 6.92 Å². The van der Waals surface area contributed by atoms with Crippen molar-refractivity contribution in [2.24, 2.45) is 0 Å². The van der Waals surface area contributed by atoms with Crippen LogP contribution in [0.1, 0.15) is 136 Å². The number of aliphatic hydroxyl groups is 7. The number of amides is 1. The molecule has 0 aromatic rings. The second kappa shape index (κ2) is 26.8. The SMILES string of the molecule is CCCCCCCCCCC/C=C\CCCCCCC(O)C(=O)NC(COC1OC(CO)C(O)C(O)C1O)C(O)C(O)CCCC. The number of allylic oxidation sites excluding steroid dienone is 2. The zero-order chi connectivity index (χ0) is 34.2. The normalized spacial score (nSPS) is 24.6. The highest BCUT2D eigenvalue weighted by molar-refractivity contribution is 5.80. The molecule has 0 spiro atoms. The Labute approximate surface area is 277 Å². The lowest BCUT2D eigenvalue weighted by Crippen LogP contribution is -2.60. The Balaban J connectivity index is 2.38. The molecule has 0 aromatic carbocycles. The van der Waals surface area contributed by atoms with E-state index in [0.717, 1.165) is 38.5 Å². The summed E-state index contributed by atoms with van der Waals surface area (Å²) in [5.41, 5.74) is 0. The minimum Gasteiger partial charge on any atom is -0.394 e. The first-order valence-electron chi connectivity index (χ1n) is 18.1. The van der Waals surface area contributed by atoms with Crippen molar-refractivity contribution in [3.05, 3.63) is 12.2 Å². The molecule has 8 N–H and O–H groups in total. The molecule has 46 heavy (non-hydrogen) atoms. The van der Waals surface area contributed by atoms with Crippen LogP contribution in [0.4, 0.5) is 0 Å². The van der Waals surface area contributed by atoms with Crippen LogP contribution in [0.2, 0.25) is 0 Å². The summed E-state index contributed by atoms with van der Waals surface area (Å²) in [6.07, 6.45) is 12.8. The van der Waals surface area contributed by atoms with Gasteiger partial charge in [-0.05, 0) is 38.5 Å². The summed E-state index contributed by atoms with van der Waals surface area (Å²) in [6.45, 7) is 3.12. The number of hydrogen-bond acceptors (Lipinski definition) is 10. The minimum absolute atomic E-state index is 0.245. The molecule has 272 valence electrons. The lowest BCUT2D eigenvalue weighted by Gasteiger charge is -2.40. The van der Waals surface area contributed by atoms with Crippen molar-refractivity contribution in [2.45, 2.75) is 191 Å². The monoisotopic (exact) mass is 661 g/mol. The minimum atomic E-state index is -1.66. The average molecular weight is 662 g/mol. The second-order valence-electron chi connectivity index (χ2n) is 12.9. The number of nitrogens with one attached hydrogen (secondary N) is 1. The molecule has 1 saturated heterocycles. The maximum absolute atomic E-state index is 12.8. The molecule has 9 atom stereocenters. The molecule has 1 rings (SSSR count). The molecule has 11 nitrogen and oxygen atoms in total. The molecule has 1 aliphatic heterocycles. The standard InChI is InChI=1S/C35H67NO10/c1-3-5-7-8-9-10-11-12-13-14-15-16-17-18-19-20-21-23-28(39)34(44)36-26(30(40)27(38)22-6-4-2)25-45-35-33(43)32(42)31(41)29(24-37)46-35/h15-16,26-33,35,37-43H,3-14,17-25H2,1-2H3,(H,36,44)/b16-15-. The Morgan fingerprint density at radius 1 is 0.739 bits per heavy atom. The summed E-state index contributed by atoms with van der Waals surface area (Å²) in [6, 6.07) is -1.16. The summed E-state index contributed by atoms with van der Waals surface area (Å²) < 4.78 is 10.9. The van der Waals surface area contributed by atoms with Crippen LogP contribution in [0.25, 0.3) is 0 Å². The van der Waals surface area contributed by atoms with Crippen LogP contribution in [-0.2, 0) is 14.3 Å². The van der Waals surface area contributed by atoms with Crippen molar-refractivity contribution in [1.29, 1.82) is 0 Å². The fourth-order valence-electron chi connectivity index (χ4n) is 5.65. The number of unbranched alkanes of at least 4 members (excludes halogenated alkanes) is 14. The third-order valence-corrected chi connectivity index (χ3v) is 8.82. The molecule has 0 radical (unpaired) electrons. The van der Waals surface area contributed by atoms with E-state index in [2.05, 4.69) is 24.4 Å². The van der Waals surface area contributed by atoms with Crippen molar-refractivity contribution >= 4 is 5.91 Å². The fourth-order valence-corrected chi connectivity index (χ4v) is 5.65. The number of ether oxygens (including phenoxy) is 2. The highest BCUT2D eigenvalue weighted by Crippen LogP contribution is 2.23. The van der Waals surface area contributed by atoms with Crippen LogP contribution in [0.3, 0.4) is 0 Å². The van der Waals surface area contributed by atoms with Gasteiger partial charge in [0.15, 0.2) is 6.29 Å². The van der Waals surface area contributed by atoms with Gasteiger partial charge >= 0.3 is 0 Å². The lowest BCUT2D eigenvalue weighted by atomic mass is 9.99. The third kappa shape index (κ3) is 17.8. The Bertz CT molecular complexity index is 770. The topological polar surface area (TPSA) is 189 Å². The van der Waals surface area contributed by atoms with Gasteiger partial charge in [0.05, 0.1) is 25.4 Å². The molecular formula is C35H67NO10.